The molecular formula is C17H21NO3. The smallest absolute Gasteiger partial charge is 0.224 e. The number of aryl methyl sites for hydroxylation is 1. The van der Waals surface area contributed by atoms with Gasteiger partial charge in [-0.2, -0.15) is 0 Å². The lowest BCUT2D eigenvalue weighted by Gasteiger charge is -2.22. The van der Waals surface area contributed by atoms with Gasteiger partial charge in [0.2, 0.25) is 5.91 Å². The van der Waals surface area contributed by atoms with Crippen LogP contribution in [0.2, 0.25) is 0 Å². The van der Waals surface area contributed by atoms with Gasteiger partial charge in [0.25, 0.3) is 0 Å². The summed E-state index contributed by atoms with van der Waals surface area (Å²) in [5.41, 5.74) is 2.13. The monoisotopic (exact) mass is 287 g/mol. The predicted octanol–water partition coefficient (Wildman–Crippen LogP) is 2.71. The van der Waals surface area contributed by atoms with E-state index in [9.17, 15) is 9.90 Å². The standard InChI is InChI=1S/C17H21NO3/c1-12-4-5-14-13(10-21-15(14)8-12)9-16(19)18-11-17(20)6-2-3-7-17/h4-5,8,10,20H,2-3,6-7,9,11H2,1H3,(H,18,19). The topological polar surface area (TPSA) is 62.5 Å². The fourth-order valence-electron chi connectivity index (χ4n) is 3.04. The second-order valence-electron chi connectivity index (χ2n) is 6.15. The molecule has 1 aliphatic carbocycles. The Hall–Kier alpha value is -1.81. The molecule has 4 nitrogen and oxygen atoms in total. The number of nitrogens with one attached hydrogen (secondary N) is 1. The van der Waals surface area contributed by atoms with Crippen LogP contribution in [0.4, 0.5) is 0 Å². The van der Waals surface area contributed by atoms with E-state index >= 15 is 0 Å². The first-order valence-corrected chi connectivity index (χ1v) is 7.52. The highest BCUT2D eigenvalue weighted by molar-refractivity contribution is 5.87. The fraction of sp³-hybridized carbons (Fsp3) is 0.471. The van der Waals surface area contributed by atoms with Crippen molar-refractivity contribution in [2.75, 3.05) is 6.54 Å². The number of aliphatic hydroxyl groups is 1. The van der Waals surface area contributed by atoms with E-state index in [4.69, 9.17) is 4.42 Å². The lowest BCUT2D eigenvalue weighted by molar-refractivity contribution is -0.121. The molecule has 0 atom stereocenters. The number of carbonyl (C=O) groups is 1. The first kappa shape index (κ1) is 14.1. The molecule has 0 aliphatic heterocycles. The highest BCUT2D eigenvalue weighted by Crippen LogP contribution is 2.28. The highest BCUT2D eigenvalue weighted by atomic mass is 16.3. The van der Waals surface area contributed by atoms with Crippen LogP contribution in [0.25, 0.3) is 11.0 Å². The summed E-state index contributed by atoms with van der Waals surface area (Å²) in [6, 6.07) is 5.97. The molecule has 112 valence electrons. The molecule has 1 amide bonds. The Morgan fingerprint density at radius 2 is 2.14 bits per heavy atom. The number of amides is 1. The molecule has 4 heteroatoms. The third-order valence-corrected chi connectivity index (χ3v) is 4.31. The Morgan fingerprint density at radius 1 is 1.38 bits per heavy atom. The molecule has 1 aliphatic rings. The summed E-state index contributed by atoms with van der Waals surface area (Å²) in [4.78, 5) is 12.1. The van der Waals surface area contributed by atoms with Crippen LogP contribution >= 0.6 is 0 Å². The molecule has 1 fully saturated rings. The van der Waals surface area contributed by atoms with Crippen molar-refractivity contribution in [3.05, 3.63) is 35.6 Å². The van der Waals surface area contributed by atoms with E-state index in [0.29, 0.717) is 6.54 Å². The van der Waals surface area contributed by atoms with Crippen LogP contribution < -0.4 is 5.32 Å². The number of benzene rings is 1. The second kappa shape index (κ2) is 5.53. The number of hydrogen-bond acceptors (Lipinski definition) is 3. The minimum Gasteiger partial charge on any atom is -0.464 e. The molecule has 0 saturated heterocycles. The molecule has 1 saturated carbocycles. The quantitative estimate of drug-likeness (QED) is 0.909. The third kappa shape index (κ3) is 3.10. The van der Waals surface area contributed by atoms with Crippen molar-refractivity contribution in [3.63, 3.8) is 0 Å². The molecule has 1 aromatic carbocycles. The number of furan rings is 1. The number of fused-ring (bicyclic) bond motifs is 1. The normalized spacial score (nSPS) is 17.2. The van der Waals surface area contributed by atoms with Crippen molar-refractivity contribution < 1.29 is 14.3 Å². The summed E-state index contributed by atoms with van der Waals surface area (Å²) in [6.45, 7) is 2.36. The van der Waals surface area contributed by atoms with Gasteiger partial charge in [0, 0.05) is 17.5 Å². The first-order valence-electron chi connectivity index (χ1n) is 7.52. The Bertz CT molecular complexity index is 653. The largest absolute Gasteiger partial charge is 0.464 e. The fourth-order valence-corrected chi connectivity index (χ4v) is 3.04. The van der Waals surface area contributed by atoms with Crippen molar-refractivity contribution in [2.24, 2.45) is 0 Å². The van der Waals surface area contributed by atoms with E-state index in [0.717, 1.165) is 47.8 Å². The highest BCUT2D eigenvalue weighted by Gasteiger charge is 2.31. The van der Waals surface area contributed by atoms with Gasteiger partial charge in [-0.3, -0.25) is 4.79 Å². The zero-order valence-corrected chi connectivity index (χ0v) is 12.3. The summed E-state index contributed by atoms with van der Waals surface area (Å²) in [5, 5.41) is 14.1. The van der Waals surface area contributed by atoms with Crippen LogP contribution in [0, 0.1) is 6.92 Å². The van der Waals surface area contributed by atoms with Crippen LogP contribution in [0.1, 0.15) is 36.8 Å². The SMILES string of the molecule is Cc1ccc2c(CC(=O)NCC3(O)CCCC3)coc2c1. The molecule has 2 aromatic rings. The third-order valence-electron chi connectivity index (χ3n) is 4.31. The Labute approximate surface area is 124 Å². The van der Waals surface area contributed by atoms with Gasteiger partial charge in [-0.1, -0.05) is 25.0 Å². The Morgan fingerprint density at radius 3 is 2.90 bits per heavy atom. The van der Waals surface area contributed by atoms with Crippen molar-refractivity contribution in [2.45, 2.75) is 44.6 Å². The summed E-state index contributed by atoms with van der Waals surface area (Å²) in [5.74, 6) is -0.0707. The maximum absolute atomic E-state index is 12.1. The van der Waals surface area contributed by atoms with Gasteiger partial charge in [-0.05, 0) is 31.4 Å². The summed E-state index contributed by atoms with van der Waals surface area (Å²) >= 11 is 0. The van der Waals surface area contributed by atoms with Gasteiger partial charge in [0.05, 0.1) is 18.3 Å². The Balaban J connectivity index is 1.63. The number of hydrogen-bond donors (Lipinski definition) is 2. The van der Waals surface area contributed by atoms with E-state index in [1.165, 1.54) is 0 Å². The summed E-state index contributed by atoms with van der Waals surface area (Å²) < 4.78 is 5.50. The lowest BCUT2D eigenvalue weighted by atomic mass is 10.0. The molecule has 1 aromatic heterocycles. The summed E-state index contributed by atoms with van der Waals surface area (Å²) in [6.07, 6.45) is 5.57. The molecular weight excluding hydrogens is 266 g/mol. The first-order chi connectivity index (χ1) is 10.1. The molecule has 21 heavy (non-hydrogen) atoms. The predicted molar refractivity (Wildman–Crippen MR) is 81.1 cm³/mol. The van der Waals surface area contributed by atoms with Crippen LogP contribution in [-0.4, -0.2) is 23.2 Å². The second-order valence-corrected chi connectivity index (χ2v) is 6.15. The molecule has 0 spiro atoms. The minimum absolute atomic E-state index is 0.0707. The molecule has 0 radical (unpaired) electrons. The van der Waals surface area contributed by atoms with Crippen LogP contribution in [0.3, 0.4) is 0 Å². The molecule has 2 N–H and O–H groups in total. The Kier molecular flexibility index (Phi) is 3.72. The average molecular weight is 287 g/mol. The number of carbonyl (C=O) groups excluding carboxylic acids is 1. The molecule has 0 bridgehead atoms. The zero-order chi connectivity index (χ0) is 14.9. The van der Waals surface area contributed by atoms with Gasteiger partial charge < -0.3 is 14.8 Å². The van der Waals surface area contributed by atoms with Gasteiger partial charge >= 0.3 is 0 Å². The van der Waals surface area contributed by atoms with Gasteiger partial charge in [0.1, 0.15) is 5.58 Å². The zero-order valence-electron chi connectivity index (χ0n) is 12.3. The van der Waals surface area contributed by atoms with Crippen LogP contribution in [0.5, 0.6) is 0 Å². The average Bonchev–Trinajstić information content (AvgIpc) is 3.04. The maximum Gasteiger partial charge on any atom is 0.224 e. The van der Waals surface area contributed by atoms with Crippen molar-refractivity contribution in [1.82, 2.24) is 5.32 Å². The lowest BCUT2D eigenvalue weighted by Crippen LogP contribution is -2.41. The van der Waals surface area contributed by atoms with E-state index in [1.54, 1.807) is 6.26 Å². The molecule has 1 heterocycles. The van der Waals surface area contributed by atoms with Crippen molar-refractivity contribution >= 4 is 16.9 Å². The maximum atomic E-state index is 12.1. The van der Waals surface area contributed by atoms with Crippen LogP contribution in [-0.2, 0) is 11.2 Å². The van der Waals surface area contributed by atoms with E-state index in [2.05, 4.69) is 5.32 Å². The summed E-state index contributed by atoms with van der Waals surface area (Å²) in [7, 11) is 0. The molecule has 0 unspecified atom stereocenters. The van der Waals surface area contributed by atoms with E-state index < -0.39 is 5.60 Å². The van der Waals surface area contributed by atoms with Crippen LogP contribution in [0.15, 0.2) is 28.9 Å². The van der Waals surface area contributed by atoms with Gasteiger partial charge in [-0.15, -0.1) is 0 Å². The van der Waals surface area contributed by atoms with E-state index in [-0.39, 0.29) is 12.3 Å². The van der Waals surface area contributed by atoms with Gasteiger partial charge in [-0.25, -0.2) is 0 Å². The van der Waals surface area contributed by atoms with E-state index in [1.807, 2.05) is 25.1 Å². The van der Waals surface area contributed by atoms with Crippen molar-refractivity contribution in [1.29, 1.82) is 0 Å². The minimum atomic E-state index is -0.703. The number of rotatable bonds is 4. The van der Waals surface area contributed by atoms with Crippen molar-refractivity contribution in [3.8, 4) is 0 Å². The van der Waals surface area contributed by atoms with Gasteiger partial charge in [0.15, 0.2) is 0 Å². The molecule has 3 rings (SSSR count).